The van der Waals surface area contributed by atoms with E-state index in [1.165, 1.54) is 0 Å². The number of alkyl carbamates (subject to hydrolysis) is 1. The molecule has 0 aliphatic heterocycles. The molecular formula is C14H21ClN2O4. The van der Waals surface area contributed by atoms with E-state index in [1.54, 1.807) is 13.8 Å². The lowest BCUT2D eigenvalue weighted by Gasteiger charge is -2.20. The number of carbonyl (C=O) groups is 1. The van der Waals surface area contributed by atoms with E-state index in [9.17, 15) is 9.90 Å². The average Bonchev–Trinajstić information content (AvgIpc) is 2.45. The van der Waals surface area contributed by atoms with Gasteiger partial charge in [0.15, 0.2) is 0 Å². The van der Waals surface area contributed by atoms with E-state index in [2.05, 4.69) is 5.32 Å². The average molecular weight is 317 g/mol. The highest BCUT2D eigenvalue weighted by atomic mass is 35.5. The number of carbonyl (C=O) groups excluding carboxylic acids is 1. The standard InChI is InChI=1S/C14H20N2O4.ClH/c1-3-19-13(15)12(17)10(2)16-14(18)20-9-11-7-5-4-6-8-11;/h4-8,10,12,15,17H,3,9H2,1-2H3,(H,16,18);1H/t10-,12?;/m0./s1. The van der Waals surface area contributed by atoms with Crippen molar-refractivity contribution in [1.29, 1.82) is 5.41 Å². The molecular weight excluding hydrogens is 296 g/mol. The highest BCUT2D eigenvalue weighted by Crippen LogP contribution is 2.02. The fourth-order valence-electron chi connectivity index (χ4n) is 1.50. The largest absolute Gasteiger partial charge is 0.480 e. The maximum atomic E-state index is 11.6. The van der Waals surface area contributed by atoms with Crippen LogP contribution in [-0.2, 0) is 16.1 Å². The Morgan fingerprint density at radius 2 is 1.95 bits per heavy atom. The van der Waals surface area contributed by atoms with Crippen LogP contribution in [-0.4, -0.2) is 35.9 Å². The lowest BCUT2D eigenvalue weighted by atomic mass is 10.2. The molecule has 2 atom stereocenters. The van der Waals surface area contributed by atoms with Crippen LogP contribution in [0.3, 0.4) is 0 Å². The Morgan fingerprint density at radius 3 is 2.52 bits per heavy atom. The van der Waals surface area contributed by atoms with Gasteiger partial charge in [-0.2, -0.15) is 0 Å². The summed E-state index contributed by atoms with van der Waals surface area (Å²) in [4.78, 5) is 11.6. The van der Waals surface area contributed by atoms with Gasteiger partial charge in [0.1, 0.15) is 12.7 Å². The van der Waals surface area contributed by atoms with Gasteiger partial charge in [0.2, 0.25) is 5.90 Å². The molecule has 0 saturated heterocycles. The molecule has 1 aromatic carbocycles. The van der Waals surface area contributed by atoms with E-state index in [0.717, 1.165) is 5.56 Å². The molecule has 0 saturated carbocycles. The van der Waals surface area contributed by atoms with Crippen LogP contribution in [0.25, 0.3) is 0 Å². The van der Waals surface area contributed by atoms with Gasteiger partial charge in [0.05, 0.1) is 12.6 Å². The van der Waals surface area contributed by atoms with Gasteiger partial charge in [-0.15, -0.1) is 12.4 Å². The maximum absolute atomic E-state index is 11.6. The first-order chi connectivity index (χ1) is 9.54. The molecule has 0 aliphatic carbocycles. The lowest BCUT2D eigenvalue weighted by molar-refractivity contribution is 0.117. The number of halogens is 1. The van der Waals surface area contributed by atoms with Crippen molar-refractivity contribution in [2.75, 3.05) is 6.61 Å². The Labute approximate surface area is 130 Å². The van der Waals surface area contributed by atoms with Gasteiger partial charge in [0.25, 0.3) is 0 Å². The third kappa shape index (κ3) is 6.97. The summed E-state index contributed by atoms with van der Waals surface area (Å²) in [6.45, 7) is 3.73. The second-order valence-corrected chi connectivity index (χ2v) is 4.24. The fraction of sp³-hybridized carbons (Fsp3) is 0.429. The van der Waals surface area contributed by atoms with Crippen LogP contribution in [0.1, 0.15) is 19.4 Å². The molecule has 1 aromatic rings. The summed E-state index contributed by atoms with van der Waals surface area (Å²) in [5, 5.41) is 19.6. The monoisotopic (exact) mass is 316 g/mol. The number of nitrogens with one attached hydrogen (secondary N) is 2. The van der Waals surface area contributed by atoms with E-state index < -0.39 is 18.2 Å². The summed E-state index contributed by atoms with van der Waals surface area (Å²) in [6.07, 6.45) is -1.84. The topological polar surface area (TPSA) is 91.6 Å². The van der Waals surface area contributed by atoms with Gasteiger partial charge in [0, 0.05) is 0 Å². The summed E-state index contributed by atoms with van der Waals surface area (Å²) in [5.74, 6) is -0.275. The van der Waals surface area contributed by atoms with Crippen molar-refractivity contribution < 1.29 is 19.4 Å². The van der Waals surface area contributed by atoms with Crippen molar-refractivity contribution in [3.63, 3.8) is 0 Å². The van der Waals surface area contributed by atoms with E-state index >= 15 is 0 Å². The summed E-state index contributed by atoms with van der Waals surface area (Å²) < 4.78 is 9.89. The molecule has 0 bridgehead atoms. The zero-order valence-electron chi connectivity index (χ0n) is 12.0. The van der Waals surface area contributed by atoms with E-state index in [-0.39, 0.29) is 24.9 Å². The first-order valence-corrected chi connectivity index (χ1v) is 6.41. The Hall–Kier alpha value is -1.79. The highest BCUT2D eigenvalue weighted by molar-refractivity contribution is 5.85. The number of hydrogen-bond donors (Lipinski definition) is 3. The summed E-state index contributed by atoms with van der Waals surface area (Å²) >= 11 is 0. The zero-order chi connectivity index (χ0) is 15.0. The van der Waals surface area contributed by atoms with Crippen molar-refractivity contribution >= 4 is 24.4 Å². The van der Waals surface area contributed by atoms with E-state index in [1.807, 2.05) is 30.3 Å². The second-order valence-electron chi connectivity index (χ2n) is 4.24. The Morgan fingerprint density at radius 1 is 1.33 bits per heavy atom. The molecule has 0 aromatic heterocycles. The van der Waals surface area contributed by atoms with Crippen molar-refractivity contribution in [2.24, 2.45) is 0 Å². The predicted molar refractivity (Wildman–Crippen MR) is 81.8 cm³/mol. The second kappa shape index (κ2) is 10.0. The smallest absolute Gasteiger partial charge is 0.407 e. The van der Waals surface area contributed by atoms with Gasteiger partial charge in [-0.1, -0.05) is 30.3 Å². The summed E-state index contributed by atoms with van der Waals surface area (Å²) in [5.41, 5.74) is 0.873. The first-order valence-electron chi connectivity index (χ1n) is 6.41. The van der Waals surface area contributed by atoms with Crippen LogP contribution >= 0.6 is 12.4 Å². The molecule has 118 valence electrons. The molecule has 0 heterocycles. The Balaban J connectivity index is 0.00000400. The minimum atomic E-state index is -1.20. The molecule has 21 heavy (non-hydrogen) atoms. The van der Waals surface area contributed by atoms with Gasteiger partial charge in [-0.05, 0) is 19.4 Å². The number of aliphatic hydroxyl groups excluding tert-OH is 1. The fourth-order valence-corrected chi connectivity index (χ4v) is 1.50. The minimum Gasteiger partial charge on any atom is -0.480 e. The van der Waals surface area contributed by atoms with Gasteiger partial charge in [-0.25, -0.2) is 4.79 Å². The molecule has 1 rings (SSSR count). The maximum Gasteiger partial charge on any atom is 0.407 e. The zero-order valence-corrected chi connectivity index (χ0v) is 12.9. The molecule has 7 heteroatoms. The third-order valence-electron chi connectivity index (χ3n) is 2.60. The van der Waals surface area contributed by atoms with Gasteiger partial charge < -0.3 is 19.9 Å². The molecule has 6 nitrogen and oxygen atoms in total. The van der Waals surface area contributed by atoms with Crippen LogP contribution in [0.5, 0.6) is 0 Å². The lowest BCUT2D eigenvalue weighted by Crippen LogP contribution is -2.45. The first kappa shape index (κ1) is 19.2. The predicted octanol–water partition coefficient (Wildman–Crippen LogP) is 2.10. The Kier molecular flexibility index (Phi) is 9.16. The molecule has 0 aliphatic rings. The van der Waals surface area contributed by atoms with E-state index in [0.29, 0.717) is 6.61 Å². The highest BCUT2D eigenvalue weighted by Gasteiger charge is 2.22. The van der Waals surface area contributed by atoms with Crippen LogP contribution in [0, 0.1) is 5.41 Å². The number of ether oxygens (including phenoxy) is 2. The van der Waals surface area contributed by atoms with Crippen molar-refractivity contribution in [2.45, 2.75) is 32.6 Å². The number of aliphatic hydroxyl groups is 1. The molecule has 0 fully saturated rings. The Bertz CT molecular complexity index is 442. The van der Waals surface area contributed by atoms with Crippen molar-refractivity contribution in [3.05, 3.63) is 35.9 Å². The molecule has 0 spiro atoms. The summed E-state index contributed by atoms with van der Waals surface area (Å²) in [7, 11) is 0. The molecule has 1 unspecified atom stereocenters. The molecule has 3 N–H and O–H groups in total. The number of rotatable bonds is 6. The van der Waals surface area contributed by atoms with E-state index in [4.69, 9.17) is 14.9 Å². The SMILES string of the molecule is CCOC(=N)C(O)[C@H](C)NC(=O)OCc1ccccc1.Cl. The number of benzene rings is 1. The van der Waals surface area contributed by atoms with Crippen LogP contribution in [0.4, 0.5) is 4.79 Å². The molecule has 0 radical (unpaired) electrons. The normalized spacial score (nSPS) is 12.5. The summed E-state index contributed by atoms with van der Waals surface area (Å²) in [6, 6.07) is 8.60. The van der Waals surface area contributed by atoms with Crippen LogP contribution < -0.4 is 5.32 Å². The quantitative estimate of drug-likeness (QED) is 0.553. The van der Waals surface area contributed by atoms with Crippen molar-refractivity contribution in [1.82, 2.24) is 5.32 Å². The van der Waals surface area contributed by atoms with Crippen LogP contribution in [0.2, 0.25) is 0 Å². The van der Waals surface area contributed by atoms with Crippen LogP contribution in [0.15, 0.2) is 30.3 Å². The third-order valence-corrected chi connectivity index (χ3v) is 2.60. The minimum absolute atomic E-state index is 0. The molecule has 1 amide bonds. The number of amides is 1. The van der Waals surface area contributed by atoms with Crippen molar-refractivity contribution in [3.8, 4) is 0 Å². The number of hydrogen-bond acceptors (Lipinski definition) is 5. The van der Waals surface area contributed by atoms with Gasteiger partial charge >= 0.3 is 6.09 Å². The van der Waals surface area contributed by atoms with Gasteiger partial charge in [-0.3, -0.25) is 5.41 Å².